The maximum Gasteiger partial charge on any atom is 0.326 e. The first-order chi connectivity index (χ1) is 32.3. The van der Waals surface area contributed by atoms with E-state index in [-0.39, 0.29) is 25.2 Å². The Morgan fingerprint density at radius 2 is 1.09 bits per heavy atom. The van der Waals surface area contributed by atoms with E-state index >= 15 is 0 Å². The summed E-state index contributed by atoms with van der Waals surface area (Å²) in [7, 11) is 0. The van der Waals surface area contributed by atoms with Gasteiger partial charge in [-0.3, -0.25) is 38.4 Å². The number of fused-ring (bicyclic) bond motifs is 1. The van der Waals surface area contributed by atoms with Gasteiger partial charge in [0.05, 0.1) is 6.42 Å². The van der Waals surface area contributed by atoms with Gasteiger partial charge in [-0.15, -0.1) is 0 Å². The summed E-state index contributed by atoms with van der Waals surface area (Å²) in [6, 6.07) is 16.1. The number of carbonyl (C=O) groups excluding carboxylic acids is 6. The first-order valence-corrected chi connectivity index (χ1v) is 22.4. The second-order valence-corrected chi connectivity index (χ2v) is 17.2. The summed E-state index contributed by atoms with van der Waals surface area (Å²) in [5.41, 5.74) is 2.69. The van der Waals surface area contributed by atoms with Crippen molar-refractivity contribution in [1.29, 1.82) is 0 Å². The number of hydrogen-bond donors (Lipinski definition) is 10. The quantitative estimate of drug-likeness (QED) is 0.0435. The Morgan fingerprint density at radius 1 is 0.574 bits per heavy atom. The van der Waals surface area contributed by atoms with Gasteiger partial charge in [0.1, 0.15) is 36.3 Å². The fourth-order valence-electron chi connectivity index (χ4n) is 7.78. The molecule has 1 heterocycles. The number of carboxylic acid groups (broad SMARTS) is 3. The van der Waals surface area contributed by atoms with Gasteiger partial charge >= 0.3 is 17.9 Å². The number of carbonyl (C=O) groups is 9. The molecule has 0 aliphatic heterocycles. The molecule has 0 spiro atoms. The molecule has 4 rings (SSSR count). The predicted octanol–water partition coefficient (Wildman–Crippen LogP) is 2.99. The molecule has 0 unspecified atom stereocenters. The third kappa shape index (κ3) is 15.5. The smallest absolute Gasteiger partial charge is 0.326 e. The van der Waals surface area contributed by atoms with Crippen molar-refractivity contribution in [2.45, 2.75) is 115 Å². The molecule has 0 bridgehead atoms. The highest BCUT2D eigenvalue weighted by Gasteiger charge is 2.38. The highest BCUT2D eigenvalue weighted by molar-refractivity contribution is 5.98. The Balaban J connectivity index is 1.57. The number of rotatable bonds is 26. The average Bonchev–Trinajstić information content (AvgIpc) is 3.70. The van der Waals surface area contributed by atoms with Crippen LogP contribution in [0.3, 0.4) is 0 Å². The molecule has 4 aromatic rings. The van der Waals surface area contributed by atoms with Gasteiger partial charge in [-0.05, 0) is 47.4 Å². The lowest BCUT2D eigenvalue weighted by atomic mass is 9.84. The van der Waals surface area contributed by atoms with Crippen molar-refractivity contribution in [1.82, 2.24) is 36.9 Å². The normalized spacial score (nSPS) is 14.3. The van der Waals surface area contributed by atoms with E-state index in [1.807, 2.05) is 0 Å². The lowest BCUT2D eigenvalue weighted by Gasteiger charge is -2.31. The van der Waals surface area contributed by atoms with Gasteiger partial charge in [0, 0.05) is 42.8 Å². The number of H-pyrrole nitrogens is 1. The highest BCUT2D eigenvalue weighted by atomic mass is 16.4. The van der Waals surface area contributed by atoms with Crippen LogP contribution in [-0.4, -0.2) is 110 Å². The molecule has 10 N–H and O–H groups in total. The van der Waals surface area contributed by atoms with Gasteiger partial charge in [0.25, 0.3) is 0 Å². The van der Waals surface area contributed by atoms with Crippen molar-refractivity contribution in [3.05, 3.63) is 108 Å². The minimum Gasteiger partial charge on any atom is -0.481 e. The zero-order valence-corrected chi connectivity index (χ0v) is 38.6. The van der Waals surface area contributed by atoms with Gasteiger partial charge in [-0.2, -0.15) is 0 Å². The number of aromatic amines is 1. The van der Waals surface area contributed by atoms with Crippen LogP contribution < -0.4 is 31.9 Å². The molecule has 0 radical (unpaired) electrons. The van der Waals surface area contributed by atoms with Crippen LogP contribution in [0.25, 0.3) is 10.9 Å². The summed E-state index contributed by atoms with van der Waals surface area (Å²) >= 11 is 0. The fourth-order valence-corrected chi connectivity index (χ4v) is 7.78. The largest absolute Gasteiger partial charge is 0.481 e. The number of nitrogens with one attached hydrogen (secondary N) is 7. The van der Waals surface area contributed by atoms with E-state index in [9.17, 15) is 58.5 Å². The summed E-state index contributed by atoms with van der Waals surface area (Å²) in [6.07, 6.45) is -0.296. The molecule has 19 nitrogen and oxygen atoms in total. The maximum atomic E-state index is 14.3. The molecule has 1 aromatic heterocycles. The topological polar surface area (TPSA) is 302 Å². The zero-order valence-electron chi connectivity index (χ0n) is 38.6. The first-order valence-electron chi connectivity index (χ1n) is 22.4. The van der Waals surface area contributed by atoms with E-state index in [0.717, 1.165) is 10.9 Å². The second-order valence-electron chi connectivity index (χ2n) is 17.2. The van der Waals surface area contributed by atoms with E-state index in [4.69, 9.17) is 0 Å². The molecule has 19 heteroatoms. The van der Waals surface area contributed by atoms with Crippen LogP contribution in [-0.2, 0) is 49.6 Å². The van der Waals surface area contributed by atoms with Gasteiger partial charge < -0.3 is 52.2 Å². The number of carboxylic acids is 3. The lowest BCUT2D eigenvalue weighted by Crippen LogP contribution is -2.61. The molecule has 7 atom stereocenters. The zero-order chi connectivity index (χ0) is 50.1. The van der Waals surface area contributed by atoms with E-state index in [1.54, 1.807) is 119 Å². The molecular weight excluding hydrogens is 879 g/mol. The molecule has 68 heavy (non-hydrogen) atoms. The standard InChI is InChI=1S/C49H61N7O12/c1-6-28(4)42(47(65)52-35(21-22-39(58)59)44(62)55-38(49(67)68)24-32-26-50-34-20-14-13-19-33(32)34)56-46(64)37(25-40(60)61)53-45(63)36(23-27(2)3)54-48(66)43(51-29(5)57)41(30-15-9-7-10-16-30)31-17-11-8-12-18-31/h7-20,26-28,35-38,41-43,50H,6,21-25H2,1-5H3,(H,51,57)(H,52,65)(H,53,63)(H,54,66)(H,55,62)(H,56,64)(H,58,59)(H,60,61)(H,67,68)/t28-,35-,36-,37-,38-,42-,43-/m0/s1. The van der Waals surface area contributed by atoms with Crippen molar-refractivity contribution in [3.8, 4) is 0 Å². The summed E-state index contributed by atoms with van der Waals surface area (Å²) < 4.78 is 0. The molecular formula is C49H61N7O12. The minimum atomic E-state index is -1.80. The Morgan fingerprint density at radius 3 is 1.63 bits per heavy atom. The monoisotopic (exact) mass is 939 g/mol. The summed E-state index contributed by atoms with van der Waals surface area (Å²) in [4.78, 5) is 122. The molecule has 0 saturated heterocycles. The van der Waals surface area contributed by atoms with Crippen LogP contribution in [0.1, 0.15) is 89.3 Å². The molecule has 0 aliphatic rings. The summed E-state index contributed by atoms with van der Waals surface area (Å²) in [6.45, 7) is 8.09. The van der Waals surface area contributed by atoms with Gasteiger partial charge in [0.2, 0.25) is 35.4 Å². The third-order valence-electron chi connectivity index (χ3n) is 11.4. The third-order valence-corrected chi connectivity index (χ3v) is 11.4. The lowest BCUT2D eigenvalue weighted by molar-refractivity contribution is -0.143. The fraction of sp³-hybridized carbons (Fsp3) is 0.408. The van der Waals surface area contributed by atoms with Crippen LogP contribution in [0, 0.1) is 11.8 Å². The summed E-state index contributed by atoms with van der Waals surface area (Å²) in [5.74, 6) is -11.1. The van der Waals surface area contributed by atoms with Gasteiger partial charge in [-0.1, -0.05) is 113 Å². The van der Waals surface area contributed by atoms with Crippen molar-refractivity contribution >= 4 is 64.3 Å². The number of aromatic nitrogens is 1. The number of benzene rings is 3. The van der Waals surface area contributed by atoms with Crippen molar-refractivity contribution in [2.75, 3.05) is 0 Å². The predicted molar refractivity (Wildman–Crippen MR) is 250 cm³/mol. The SMILES string of the molecule is CC[C@H](C)[C@H](NC(=O)[C@H](CC(=O)O)NC(=O)[C@H](CC(C)C)NC(=O)[C@@H](NC(C)=O)C(c1ccccc1)c1ccccc1)C(=O)N[C@@H](CCC(=O)O)C(=O)N[C@@H](Cc1c[nH]c2ccccc12)C(=O)O. The second kappa shape index (κ2) is 25.4. The maximum absolute atomic E-state index is 14.3. The first kappa shape index (κ1) is 53.0. The molecule has 0 fully saturated rings. The Hall–Kier alpha value is -7.57. The average molecular weight is 940 g/mol. The van der Waals surface area contributed by atoms with E-state index in [1.165, 1.54) is 6.92 Å². The van der Waals surface area contributed by atoms with Crippen LogP contribution in [0.2, 0.25) is 0 Å². The Kier molecular flexibility index (Phi) is 19.8. The Bertz CT molecular complexity index is 2370. The Labute approximate surface area is 393 Å². The van der Waals surface area contributed by atoms with E-state index in [2.05, 4.69) is 36.9 Å². The number of aliphatic carboxylic acids is 3. The number of hydrogen-bond acceptors (Lipinski definition) is 9. The number of para-hydroxylation sites is 1. The molecule has 0 saturated carbocycles. The van der Waals surface area contributed by atoms with Crippen molar-refractivity contribution < 1.29 is 58.5 Å². The van der Waals surface area contributed by atoms with Crippen LogP contribution in [0.4, 0.5) is 0 Å². The van der Waals surface area contributed by atoms with E-state index in [0.29, 0.717) is 16.7 Å². The van der Waals surface area contributed by atoms with Crippen molar-refractivity contribution in [3.63, 3.8) is 0 Å². The molecule has 0 aliphatic carbocycles. The van der Waals surface area contributed by atoms with Gasteiger partial charge in [-0.25, -0.2) is 4.79 Å². The number of amides is 6. The summed E-state index contributed by atoms with van der Waals surface area (Å²) in [5, 5.41) is 45.4. The molecule has 6 amide bonds. The highest BCUT2D eigenvalue weighted by Crippen LogP contribution is 2.29. The van der Waals surface area contributed by atoms with Crippen LogP contribution >= 0.6 is 0 Å². The minimum absolute atomic E-state index is 0.0231. The van der Waals surface area contributed by atoms with Crippen LogP contribution in [0.15, 0.2) is 91.1 Å². The molecule has 364 valence electrons. The van der Waals surface area contributed by atoms with E-state index < -0.39 is 121 Å². The van der Waals surface area contributed by atoms with Gasteiger partial charge in [0.15, 0.2) is 0 Å². The molecule has 3 aromatic carbocycles. The van der Waals surface area contributed by atoms with Crippen LogP contribution in [0.5, 0.6) is 0 Å². The van der Waals surface area contributed by atoms with Crippen molar-refractivity contribution in [2.24, 2.45) is 11.8 Å².